The summed E-state index contributed by atoms with van der Waals surface area (Å²) in [7, 11) is 0. The van der Waals surface area contributed by atoms with Crippen molar-refractivity contribution in [2.75, 3.05) is 24.1 Å². The maximum Gasteiger partial charge on any atom is 0.0620 e. The highest BCUT2D eigenvalue weighted by molar-refractivity contribution is 5.70. The van der Waals surface area contributed by atoms with Gasteiger partial charge in [-0.3, -0.25) is 4.90 Å². The van der Waals surface area contributed by atoms with Gasteiger partial charge in [-0.15, -0.1) is 0 Å². The number of allylic oxidation sites excluding steroid dienone is 1. The Morgan fingerprint density at radius 3 is 2.95 bits per heavy atom. The Morgan fingerprint density at radius 2 is 2.15 bits per heavy atom. The van der Waals surface area contributed by atoms with Crippen LogP contribution >= 0.6 is 0 Å². The Bertz CT molecular complexity index is 499. The summed E-state index contributed by atoms with van der Waals surface area (Å²) in [5.41, 5.74) is 11.1. The first kappa shape index (κ1) is 13.5. The molecule has 3 nitrogen and oxygen atoms in total. The Labute approximate surface area is 121 Å². The number of anilines is 2. The summed E-state index contributed by atoms with van der Waals surface area (Å²) in [6, 6.07) is 6.75. The fourth-order valence-electron chi connectivity index (χ4n) is 3.24. The Morgan fingerprint density at radius 1 is 1.35 bits per heavy atom. The molecule has 108 valence electrons. The average Bonchev–Trinajstić information content (AvgIpc) is 2.89. The van der Waals surface area contributed by atoms with Crippen LogP contribution in [-0.4, -0.2) is 24.0 Å². The molecule has 1 aromatic rings. The van der Waals surface area contributed by atoms with Gasteiger partial charge in [0.2, 0.25) is 0 Å². The molecule has 20 heavy (non-hydrogen) atoms. The van der Waals surface area contributed by atoms with E-state index in [1.807, 2.05) is 6.07 Å². The van der Waals surface area contributed by atoms with Crippen LogP contribution in [0.15, 0.2) is 29.8 Å². The van der Waals surface area contributed by atoms with E-state index in [0.29, 0.717) is 6.04 Å². The molecule has 1 saturated carbocycles. The molecule has 1 heterocycles. The molecule has 3 heteroatoms. The highest BCUT2D eigenvalue weighted by atomic mass is 15.2. The van der Waals surface area contributed by atoms with Gasteiger partial charge < -0.3 is 11.1 Å². The van der Waals surface area contributed by atoms with E-state index >= 15 is 0 Å². The van der Waals surface area contributed by atoms with Crippen molar-refractivity contribution < 1.29 is 0 Å². The van der Waals surface area contributed by atoms with E-state index in [1.54, 1.807) is 5.57 Å². The summed E-state index contributed by atoms with van der Waals surface area (Å²) in [5, 5.41) is 3.51. The molecule has 1 aliphatic carbocycles. The predicted molar refractivity (Wildman–Crippen MR) is 85.8 cm³/mol. The molecule has 1 aliphatic heterocycles. The van der Waals surface area contributed by atoms with Gasteiger partial charge in [0.15, 0.2) is 0 Å². The fraction of sp³-hybridized carbons (Fsp3) is 0.529. The Kier molecular flexibility index (Phi) is 3.97. The number of nitrogens with two attached hydrogens (primary N) is 1. The minimum Gasteiger partial charge on any atom is -0.397 e. The SMILES string of the molecule is CC1CNc2c(N)cccc2CN1CC=C1CCCC1. The number of nitrogen functional groups attached to an aromatic ring is 1. The van der Waals surface area contributed by atoms with Crippen molar-refractivity contribution >= 4 is 11.4 Å². The van der Waals surface area contributed by atoms with Crippen LogP contribution in [0, 0.1) is 0 Å². The van der Waals surface area contributed by atoms with E-state index in [9.17, 15) is 0 Å². The van der Waals surface area contributed by atoms with Gasteiger partial charge in [-0.25, -0.2) is 0 Å². The summed E-state index contributed by atoms with van der Waals surface area (Å²) >= 11 is 0. The number of nitrogens with one attached hydrogen (secondary N) is 1. The van der Waals surface area contributed by atoms with Crippen LogP contribution < -0.4 is 11.1 Å². The van der Waals surface area contributed by atoms with Gasteiger partial charge in [-0.2, -0.15) is 0 Å². The Balaban J connectivity index is 1.75. The van der Waals surface area contributed by atoms with Crippen molar-refractivity contribution in [3.05, 3.63) is 35.4 Å². The molecule has 1 aromatic carbocycles. The highest BCUT2D eigenvalue weighted by Crippen LogP contribution is 2.28. The van der Waals surface area contributed by atoms with E-state index in [0.717, 1.165) is 31.0 Å². The minimum atomic E-state index is 0.528. The number of hydrogen-bond donors (Lipinski definition) is 2. The van der Waals surface area contributed by atoms with Crippen LogP contribution in [0.25, 0.3) is 0 Å². The summed E-state index contributed by atoms with van der Waals surface area (Å²) in [4.78, 5) is 2.55. The minimum absolute atomic E-state index is 0.528. The van der Waals surface area contributed by atoms with Crippen LogP contribution in [0.4, 0.5) is 11.4 Å². The quantitative estimate of drug-likeness (QED) is 0.640. The van der Waals surface area contributed by atoms with Crippen molar-refractivity contribution in [3.63, 3.8) is 0 Å². The van der Waals surface area contributed by atoms with Crippen LogP contribution in [-0.2, 0) is 6.54 Å². The third kappa shape index (κ3) is 2.83. The van der Waals surface area contributed by atoms with Crippen molar-refractivity contribution in [3.8, 4) is 0 Å². The standard InChI is InChI=1S/C17H25N3/c1-13-11-19-17-15(7-4-8-16(17)18)12-20(13)10-9-14-5-2-3-6-14/h4,7-9,13,19H,2-3,5-6,10-12,18H2,1H3. The molecular weight excluding hydrogens is 246 g/mol. The van der Waals surface area contributed by atoms with Crippen molar-refractivity contribution in [2.45, 2.75) is 45.2 Å². The predicted octanol–water partition coefficient (Wildman–Crippen LogP) is 3.39. The van der Waals surface area contributed by atoms with Gasteiger partial charge in [0, 0.05) is 25.7 Å². The van der Waals surface area contributed by atoms with Gasteiger partial charge in [-0.05, 0) is 44.2 Å². The average molecular weight is 271 g/mol. The molecular formula is C17H25N3. The first-order valence-electron chi connectivity index (χ1n) is 7.77. The number of fused-ring (bicyclic) bond motifs is 1. The first-order valence-corrected chi connectivity index (χ1v) is 7.77. The third-order valence-electron chi connectivity index (χ3n) is 4.61. The second-order valence-electron chi connectivity index (χ2n) is 6.11. The molecule has 1 atom stereocenters. The lowest BCUT2D eigenvalue weighted by Gasteiger charge is -2.25. The van der Waals surface area contributed by atoms with Gasteiger partial charge in [0.05, 0.1) is 11.4 Å². The summed E-state index contributed by atoms with van der Waals surface area (Å²) in [5.74, 6) is 0. The topological polar surface area (TPSA) is 41.3 Å². The van der Waals surface area contributed by atoms with Gasteiger partial charge in [0.1, 0.15) is 0 Å². The number of hydrogen-bond acceptors (Lipinski definition) is 3. The molecule has 1 fully saturated rings. The summed E-state index contributed by atoms with van der Waals surface area (Å²) < 4.78 is 0. The fourth-order valence-corrected chi connectivity index (χ4v) is 3.24. The third-order valence-corrected chi connectivity index (χ3v) is 4.61. The largest absolute Gasteiger partial charge is 0.397 e. The van der Waals surface area contributed by atoms with E-state index in [2.05, 4.69) is 35.3 Å². The van der Waals surface area contributed by atoms with Crippen molar-refractivity contribution in [2.24, 2.45) is 0 Å². The van der Waals surface area contributed by atoms with E-state index in [4.69, 9.17) is 5.73 Å². The normalized spacial score (nSPS) is 23.1. The monoisotopic (exact) mass is 271 g/mol. The molecule has 0 saturated heterocycles. The van der Waals surface area contributed by atoms with E-state index in [1.165, 1.54) is 31.2 Å². The lowest BCUT2D eigenvalue weighted by Crippen LogP contribution is -2.35. The molecule has 3 N–H and O–H groups in total. The lowest BCUT2D eigenvalue weighted by atomic mass is 10.1. The zero-order valence-corrected chi connectivity index (χ0v) is 12.4. The van der Waals surface area contributed by atoms with Crippen molar-refractivity contribution in [1.82, 2.24) is 4.90 Å². The highest BCUT2D eigenvalue weighted by Gasteiger charge is 2.20. The number of benzene rings is 1. The molecule has 3 rings (SSSR count). The molecule has 0 bridgehead atoms. The van der Waals surface area contributed by atoms with Crippen LogP contribution in [0.5, 0.6) is 0 Å². The number of nitrogens with zero attached hydrogens (tertiary/aromatic N) is 1. The molecule has 0 amide bonds. The zero-order valence-electron chi connectivity index (χ0n) is 12.4. The van der Waals surface area contributed by atoms with Crippen LogP contribution in [0.2, 0.25) is 0 Å². The summed E-state index contributed by atoms with van der Waals surface area (Å²) in [6.45, 7) is 5.30. The molecule has 1 unspecified atom stereocenters. The molecule has 0 radical (unpaired) electrons. The lowest BCUT2D eigenvalue weighted by molar-refractivity contribution is 0.236. The smallest absolute Gasteiger partial charge is 0.0620 e. The van der Waals surface area contributed by atoms with Gasteiger partial charge in [-0.1, -0.05) is 23.8 Å². The van der Waals surface area contributed by atoms with Gasteiger partial charge in [0.25, 0.3) is 0 Å². The molecule has 0 aromatic heterocycles. The Hall–Kier alpha value is -1.48. The maximum atomic E-state index is 6.08. The second kappa shape index (κ2) is 5.88. The number of para-hydroxylation sites is 1. The number of rotatable bonds is 2. The second-order valence-corrected chi connectivity index (χ2v) is 6.11. The van der Waals surface area contributed by atoms with Crippen LogP contribution in [0.3, 0.4) is 0 Å². The van der Waals surface area contributed by atoms with E-state index < -0.39 is 0 Å². The van der Waals surface area contributed by atoms with E-state index in [-0.39, 0.29) is 0 Å². The van der Waals surface area contributed by atoms with Crippen LogP contribution in [0.1, 0.15) is 38.2 Å². The summed E-state index contributed by atoms with van der Waals surface area (Å²) in [6.07, 6.45) is 7.83. The maximum absolute atomic E-state index is 6.08. The van der Waals surface area contributed by atoms with Gasteiger partial charge >= 0.3 is 0 Å². The molecule has 2 aliphatic rings. The van der Waals surface area contributed by atoms with Crippen molar-refractivity contribution in [1.29, 1.82) is 0 Å². The molecule has 0 spiro atoms. The zero-order chi connectivity index (χ0) is 13.9. The first-order chi connectivity index (χ1) is 9.74.